The van der Waals surface area contributed by atoms with Crippen molar-refractivity contribution < 1.29 is 8.78 Å². The first kappa shape index (κ1) is 15.1. The third-order valence-corrected chi connectivity index (χ3v) is 4.04. The number of benzene rings is 2. The monoisotopic (exact) mass is 339 g/mol. The van der Waals surface area contributed by atoms with Crippen molar-refractivity contribution in [3.63, 3.8) is 0 Å². The maximum atomic E-state index is 14.3. The predicted octanol–water partition coefficient (Wildman–Crippen LogP) is 4.65. The molecular weight excluding hydrogens is 324 g/mol. The van der Waals surface area contributed by atoms with Crippen molar-refractivity contribution in [2.75, 3.05) is 7.05 Å². The highest BCUT2D eigenvalue weighted by Gasteiger charge is 2.23. The molecule has 0 aliphatic heterocycles. The second kappa shape index (κ2) is 6.02. The summed E-state index contributed by atoms with van der Waals surface area (Å²) >= 11 is 3.35. The van der Waals surface area contributed by atoms with Crippen LogP contribution in [0.2, 0.25) is 0 Å². The van der Waals surface area contributed by atoms with Crippen LogP contribution in [0.5, 0.6) is 0 Å². The van der Waals surface area contributed by atoms with Gasteiger partial charge in [0, 0.05) is 15.6 Å². The van der Waals surface area contributed by atoms with Crippen LogP contribution in [0.4, 0.5) is 8.78 Å². The van der Waals surface area contributed by atoms with Crippen molar-refractivity contribution in [3.05, 3.63) is 68.7 Å². The molecule has 2 rings (SSSR count). The fraction of sp³-hybridized carbons (Fsp3) is 0.250. The Bertz CT molecular complexity index is 597. The molecule has 2 aromatic carbocycles. The highest BCUT2D eigenvalue weighted by Crippen LogP contribution is 2.33. The van der Waals surface area contributed by atoms with Gasteiger partial charge in [-0.15, -0.1) is 0 Å². The summed E-state index contributed by atoms with van der Waals surface area (Å²) in [5.74, 6) is -0.685. The van der Waals surface area contributed by atoms with Gasteiger partial charge in [0.05, 0.1) is 6.04 Å². The third-order valence-electron chi connectivity index (χ3n) is 3.35. The topological polar surface area (TPSA) is 12.0 Å². The maximum Gasteiger partial charge on any atom is 0.129 e. The normalized spacial score (nSPS) is 12.5. The molecule has 0 aliphatic rings. The van der Waals surface area contributed by atoms with Gasteiger partial charge in [0.1, 0.15) is 11.6 Å². The molecule has 0 radical (unpaired) electrons. The van der Waals surface area contributed by atoms with E-state index in [0.29, 0.717) is 15.6 Å². The second-order valence-electron chi connectivity index (χ2n) is 4.83. The molecule has 1 atom stereocenters. The maximum absolute atomic E-state index is 14.3. The van der Waals surface area contributed by atoms with Gasteiger partial charge in [0.15, 0.2) is 0 Å². The second-order valence-corrected chi connectivity index (χ2v) is 5.69. The zero-order chi connectivity index (χ0) is 14.9. The Morgan fingerprint density at radius 2 is 1.75 bits per heavy atom. The van der Waals surface area contributed by atoms with E-state index in [4.69, 9.17) is 0 Å². The van der Waals surface area contributed by atoms with Gasteiger partial charge in [-0.05, 0) is 50.2 Å². The van der Waals surface area contributed by atoms with Gasteiger partial charge < -0.3 is 5.32 Å². The number of hydrogen-bond acceptors (Lipinski definition) is 1. The van der Waals surface area contributed by atoms with E-state index in [1.165, 1.54) is 12.1 Å². The van der Waals surface area contributed by atoms with E-state index < -0.39 is 6.04 Å². The molecule has 0 spiro atoms. The van der Waals surface area contributed by atoms with E-state index in [1.807, 2.05) is 19.9 Å². The Morgan fingerprint density at radius 1 is 1.05 bits per heavy atom. The molecular formula is C16H16BrF2N. The van der Waals surface area contributed by atoms with E-state index in [1.54, 1.807) is 19.2 Å². The van der Waals surface area contributed by atoms with Crippen molar-refractivity contribution in [1.29, 1.82) is 0 Å². The van der Waals surface area contributed by atoms with E-state index in [2.05, 4.69) is 21.2 Å². The molecule has 20 heavy (non-hydrogen) atoms. The Morgan fingerprint density at radius 3 is 2.30 bits per heavy atom. The third kappa shape index (κ3) is 2.76. The quantitative estimate of drug-likeness (QED) is 0.857. The number of aryl methyl sites for hydroxylation is 2. The number of nitrogens with one attached hydrogen (secondary N) is 1. The lowest BCUT2D eigenvalue weighted by Gasteiger charge is -2.22. The lowest BCUT2D eigenvalue weighted by molar-refractivity contribution is 0.542. The minimum absolute atomic E-state index is 0.322. The first-order valence-corrected chi connectivity index (χ1v) is 7.12. The van der Waals surface area contributed by atoms with Crippen LogP contribution in [-0.4, -0.2) is 7.05 Å². The molecule has 0 fully saturated rings. The van der Waals surface area contributed by atoms with Gasteiger partial charge in [-0.3, -0.25) is 0 Å². The molecule has 1 unspecified atom stereocenters. The Hall–Kier alpha value is -1.26. The van der Waals surface area contributed by atoms with Crippen LogP contribution < -0.4 is 5.32 Å². The summed E-state index contributed by atoms with van der Waals surface area (Å²) in [6.07, 6.45) is 0. The summed E-state index contributed by atoms with van der Waals surface area (Å²) < 4.78 is 29.1. The van der Waals surface area contributed by atoms with Gasteiger partial charge >= 0.3 is 0 Å². The van der Waals surface area contributed by atoms with Crippen LogP contribution in [0.25, 0.3) is 0 Å². The van der Waals surface area contributed by atoms with Gasteiger partial charge in [0.2, 0.25) is 0 Å². The fourth-order valence-corrected chi connectivity index (χ4v) is 3.08. The molecule has 1 N–H and O–H groups in total. The number of halogens is 3. The number of rotatable bonds is 3. The summed E-state index contributed by atoms with van der Waals surface area (Å²) in [4.78, 5) is 0. The van der Waals surface area contributed by atoms with Crippen molar-refractivity contribution in [3.8, 4) is 0 Å². The largest absolute Gasteiger partial charge is 0.309 e. The molecule has 0 aliphatic carbocycles. The Kier molecular flexibility index (Phi) is 4.55. The minimum Gasteiger partial charge on any atom is -0.309 e. The highest BCUT2D eigenvalue weighted by molar-refractivity contribution is 9.10. The lowest BCUT2D eigenvalue weighted by atomic mass is 9.93. The average molecular weight is 340 g/mol. The first-order valence-electron chi connectivity index (χ1n) is 6.33. The SMILES string of the molecule is CNC(c1c(C)cc(C)cc1F)c1c(F)cccc1Br. The number of hydrogen-bond donors (Lipinski definition) is 1. The Balaban J connectivity index is 2.65. The molecule has 106 valence electrons. The van der Waals surface area contributed by atoms with E-state index in [0.717, 1.165) is 11.1 Å². The van der Waals surface area contributed by atoms with E-state index in [9.17, 15) is 8.78 Å². The van der Waals surface area contributed by atoms with E-state index in [-0.39, 0.29) is 11.6 Å². The highest BCUT2D eigenvalue weighted by atomic mass is 79.9. The molecule has 0 heterocycles. The van der Waals surface area contributed by atoms with Gasteiger partial charge in [-0.25, -0.2) is 8.78 Å². The van der Waals surface area contributed by atoms with Crippen molar-refractivity contribution in [1.82, 2.24) is 5.32 Å². The van der Waals surface area contributed by atoms with Gasteiger partial charge in [-0.1, -0.05) is 28.1 Å². The van der Waals surface area contributed by atoms with Crippen LogP contribution in [0.15, 0.2) is 34.8 Å². The minimum atomic E-state index is -0.536. The zero-order valence-corrected chi connectivity index (χ0v) is 13.2. The molecule has 0 saturated heterocycles. The zero-order valence-electron chi connectivity index (χ0n) is 11.6. The molecule has 1 nitrogen and oxygen atoms in total. The average Bonchev–Trinajstić information content (AvgIpc) is 2.35. The summed E-state index contributed by atoms with van der Waals surface area (Å²) in [6, 6.07) is 7.59. The smallest absolute Gasteiger partial charge is 0.129 e. The van der Waals surface area contributed by atoms with Crippen molar-refractivity contribution in [2.24, 2.45) is 0 Å². The van der Waals surface area contributed by atoms with E-state index >= 15 is 0 Å². The van der Waals surface area contributed by atoms with Crippen molar-refractivity contribution in [2.45, 2.75) is 19.9 Å². The van der Waals surface area contributed by atoms with Crippen LogP contribution in [0.1, 0.15) is 28.3 Å². The molecule has 0 amide bonds. The molecule has 0 bridgehead atoms. The lowest BCUT2D eigenvalue weighted by Crippen LogP contribution is -2.22. The molecule has 0 aromatic heterocycles. The van der Waals surface area contributed by atoms with Crippen molar-refractivity contribution >= 4 is 15.9 Å². The standard InChI is InChI=1S/C16H16BrF2N/c1-9-7-10(2)14(13(19)8-9)16(20-3)15-11(17)5-4-6-12(15)18/h4-8,16,20H,1-3H3. The Labute approximate surface area is 126 Å². The molecule has 0 saturated carbocycles. The summed E-state index contributed by atoms with van der Waals surface area (Å²) in [5, 5.41) is 3.01. The fourth-order valence-electron chi connectivity index (χ4n) is 2.51. The van der Waals surface area contributed by atoms with Crippen LogP contribution >= 0.6 is 15.9 Å². The summed E-state index contributed by atoms with van der Waals surface area (Å²) in [6.45, 7) is 3.68. The first-order chi connectivity index (χ1) is 9.45. The molecule has 2 aromatic rings. The van der Waals surface area contributed by atoms with Gasteiger partial charge in [-0.2, -0.15) is 0 Å². The van der Waals surface area contributed by atoms with Crippen LogP contribution in [0.3, 0.4) is 0 Å². The molecule has 4 heteroatoms. The van der Waals surface area contributed by atoms with Crippen LogP contribution in [-0.2, 0) is 0 Å². The predicted molar refractivity (Wildman–Crippen MR) is 80.9 cm³/mol. The summed E-state index contributed by atoms with van der Waals surface area (Å²) in [7, 11) is 1.70. The van der Waals surface area contributed by atoms with Crippen LogP contribution in [0, 0.1) is 25.5 Å². The summed E-state index contributed by atoms with van der Waals surface area (Å²) in [5.41, 5.74) is 2.55. The van der Waals surface area contributed by atoms with Gasteiger partial charge in [0.25, 0.3) is 0 Å².